The molecule has 1 aromatic carbocycles. The first-order chi connectivity index (χ1) is 7.72. The number of hydrogen-bond acceptors (Lipinski definition) is 1. The van der Waals surface area contributed by atoms with Crippen LogP contribution in [0.15, 0.2) is 12.1 Å². The highest BCUT2D eigenvalue weighted by atomic mass is 35.5. The zero-order chi connectivity index (χ0) is 12.1. The van der Waals surface area contributed by atoms with Crippen molar-refractivity contribution in [2.24, 2.45) is 0 Å². The zero-order valence-corrected chi connectivity index (χ0v) is 10.9. The van der Waals surface area contributed by atoms with Crippen LogP contribution in [0.5, 0.6) is 0 Å². The van der Waals surface area contributed by atoms with Gasteiger partial charge in [0.1, 0.15) is 5.82 Å². The number of hydrogen-bond donors (Lipinski definition) is 0. The minimum atomic E-state index is -0.302. The minimum Gasteiger partial charge on any atom is -0.371 e. The first-order valence-corrected chi connectivity index (χ1v) is 6.33. The molecular formula is C13H19ClFN. The van der Waals surface area contributed by atoms with E-state index in [0.717, 1.165) is 37.2 Å². The fourth-order valence-electron chi connectivity index (χ4n) is 1.95. The van der Waals surface area contributed by atoms with Gasteiger partial charge in [-0.2, -0.15) is 0 Å². The normalized spacial score (nSPS) is 13.2. The summed E-state index contributed by atoms with van der Waals surface area (Å²) in [6, 6.07) is 3.31. The molecule has 0 saturated carbocycles. The van der Waals surface area contributed by atoms with Crippen molar-refractivity contribution in [3.8, 4) is 0 Å². The molecule has 0 aromatic heterocycles. The van der Waals surface area contributed by atoms with Crippen molar-refractivity contribution >= 4 is 17.3 Å². The molecule has 0 spiro atoms. The van der Waals surface area contributed by atoms with E-state index in [0.29, 0.717) is 0 Å². The van der Waals surface area contributed by atoms with Crippen molar-refractivity contribution in [3.05, 3.63) is 28.5 Å². The van der Waals surface area contributed by atoms with Gasteiger partial charge in [-0.3, -0.25) is 0 Å². The van der Waals surface area contributed by atoms with Crippen LogP contribution in [-0.4, -0.2) is 13.1 Å². The monoisotopic (exact) mass is 243 g/mol. The standard InChI is InChI=1S/C11H13ClFN.C2H6/c1-2-4-14-5-3-8-6-10(13)9(12)7-11(8)14;1-2/h6-7H,2-5H2,1H3;1-2H3. The van der Waals surface area contributed by atoms with Crippen LogP contribution < -0.4 is 4.90 Å². The first kappa shape index (κ1) is 13.3. The molecule has 16 heavy (non-hydrogen) atoms. The molecule has 0 saturated heterocycles. The largest absolute Gasteiger partial charge is 0.371 e. The Kier molecular flexibility index (Phi) is 5.07. The molecule has 2 rings (SSSR count). The lowest BCUT2D eigenvalue weighted by atomic mass is 10.1. The van der Waals surface area contributed by atoms with E-state index in [2.05, 4.69) is 11.8 Å². The second kappa shape index (κ2) is 6.09. The molecule has 1 heterocycles. The van der Waals surface area contributed by atoms with E-state index in [9.17, 15) is 4.39 Å². The van der Waals surface area contributed by atoms with Gasteiger partial charge in [0, 0.05) is 18.8 Å². The van der Waals surface area contributed by atoms with Gasteiger partial charge in [0.2, 0.25) is 0 Å². The molecule has 1 aliphatic heterocycles. The Morgan fingerprint density at radius 1 is 1.38 bits per heavy atom. The molecule has 0 aliphatic carbocycles. The van der Waals surface area contributed by atoms with Crippen LogP contribution in [0.25, 0.3) is 0 Å². The lowest BCUT2D eigenvalue weighted by Gasteiger charge is -2.18. The van der Waals surface area contributed by atoms with Crippen molar-refractivity contribution in [2.45, 2.75) is 33.6 Å². The Hall–Kier alpha value is -0.760. The summed E-state index contributed by atoms with van der Waals surface area (Å²) in [6.07, 6.45) is 2.04. The lowest BCUT2D eigenvalue weighted by molar-refractivity contribution is 0.627. The molecule has 0 atom stereocenters. The third-order valence-corrected chi connectivity index (χ3v) is 2.90. The molecule has 90 valence electrons. The van der Waals surface area contributed by atoms with E-state index in [4.69, 9.17) is 11.6 Å². The van der Waals surface area contributed by atoms with Crippen molar-refractivity contribution < 1.29 is 4.39 Å². The summed E-state index contributed by atoms with van der Waals surface area (Å²) in [5.41, 5.74) is 2.19. The van der Waals surface area contributed by atoms with Gasteiger partial charge in [-0.1, -0.05) is 32.4 Å². The predicted octanol–water partition coefficient (Wildman–Crippen LogP) is 4.28. The molecular weight excluding hydrogens is 225 g/mol. The topological polar surface area (TPSA) is 3.24 Å². The molecule has 0 N–H and O–H groups in total. The number of anilines is 1. The second-order valence-corrected chi connectivity index (χ2v) is 4.04. The maximum Gasteiger partial charge on any atom is 0.142 e. The molecule has 0 fully saturated rings. The molecule has 0 radical (unpaired) electrons. The molecule has 0 amide bonds. The Morgan fingerprint density at radius 3 is 2.69 bits per heavy atom. The molecule has 1 aliphatic rings. The van der Waals surface area contributed by atoms with Crippen LogP contribution in [0, 0.1) is 5.82 Å². The summed E-state index contributed by atoms with van der Waals surface area (Å²) in [5.74, 6) is -0.302. The summed E-state index contributed by atoms with van der Waals surface area (Å²) in [6.45, 7) is 8.15. The van der Waals surface area contributed by atoms with Gasteiger partial charge in [0.05, 0.1) is 5.02 Å². The average molecular weight is 244 g/mol. The molecule has 0 unspecified atom stereocenters. The Balaban J connectivity index is 0.000000606. The van der Waals surface area contributed by atoms with Crippen LogP contribution in [0.4, 0.5) is 10.1 Å². The van der Waals surface area contributed by atoms with Gasteiger partial charge in [0.25, 0.3) is 0 Å². The van der Waals surface area contributed by atoms with E-state index < -0.39 is 0 Å². The van der Waals surface area contributed by atoms with E-state index in [1.807, 2.05) is 13.8 Å². The van der Waals surface area contributed by atoms with Crippen molar-refractivity contribution in [1.82, 2.24) is 0 Å². The summed E-state index contributed by atoms with van der Waals surface area (Å²) in [5, 5.41) is 0.228. The number of benzene rings is 1. The summed E-state index contributed by atoms with van der Waals surface area (Å²) < 4.78 is 13.1. The molecule has 1 nitrogen and oxygen atoms in total. The molecule has 1 aromatic rings. The third-order valence-electron chi connectivity index (χ3n) is 2.61. The second-order valence-electron chi connectivity index (χ2n) is 3.63. The van der Waals surface area contributed by atoms with Crippen LogP contribution in [0.2, 0.25) is 5.02 Å². The maximum absolute atomic E-state index is 13.1. The Morgan fingerprint density at radius 2 is 2.06 bits per heavy atom. The quantitative estimate of drug-likeness (QED) is 0.750. The smallest absolute Gasteiger partial charge is 0.142 e. The number of nitrogens with zero attached hydrogens (tertiary/aromatic N) is 1. The first-order valence-electron chi connectivity index (χ1n) is 5.95. The maximum atomic E-state index is 13.1. The van der Waals surface area contributed by atoms with E-state index >= 15 is 0 Å². The Labute approximate surface area is 102 Å². The van der Waals surface area contributed by atoms with Gasteiger partial charge in [0.15, 0.2) is 0 Å². The van der Waals surface area contributed by atoms with Crippen LogP contribution in [0.1, 0.15) is 32.8 Å². The number of halogens is 2. The molecule has 0 bridgehead atoms. The summed E-state index contributed by atoms with van der Waals surface area (Å²) in [4.78, 5) is 2.26. The van der Waals surface area contributed by atoms with E-state index in [1.54, 1.807) is 12.1 Å². The minimum absolute atomic E-state index is 0.228. The summed E-state index contributed by atoms with van der Waals surface area (Å²) in [7, 11) is 0. The van der Waals surface area contributed by atoms with Crippen molar-refractivity contribution in [3.63, 3.8) is 0 Å². The SMILES string of the molecule is CC.CCCN1CCc2cc(F)c(Cl)cc21. The fourth-order valence-corrected chi connectivity index (χ4v) is 2.11. The van der Waals surface area contributed by atoms with E-state index in [-0.39, 0.29) is 10.8 Å². The van der Waals surface area contributed by atoms with E-state index in [1.165, 1.54) is 0 Å². The highest BCUT2D eigenvalue weighted by Gasteiger charge is 2.20. The van der Waals surface area contributed by atoms with Gasteiger partial charge < -0.3 is 4.90 Å². The van der Waals surface area contributed by atoms with Crippen molar-refractivity contribution in [1.29, 1.82) is 0 Å². The highest BCUT2D eigenvalue weighted by molar-refractivity contribution is 6.31. The number of rotatable bonds is 2. The van der Waals surface area contributed by atoms with Crippen LogP contribution in [-0.2, 0) is 6.42 Å². The average Bonchev–Trinajstić information content (AvgIpc) is 2.66. The fraction of sp³-hybridized carbons (Fsp3) is 0.538. The number of fused-ring (bicyclic) bond motifs is 1. The van der Waals surface area contributed by atoms with Gasteiger partial charge >= 0.3 is 0 Å². The van der Waals surface area contributed by atoms with Crippen LogP contribution in [0.3, 0.4) is 0 Å². The lowest BCUT2D eigenvalue weighted by Crippen LogP contribution is -2.20. The van der Waals surface area contributed by atoms with Crippen LogP contribution >= 0.6 is 11.6 Å². The zero-order valence-electron chi connectivity index (χ0n) is 10.2. The van der Waals surface area contributed by atoms with Gasteiger partial charge in [-0.15, -0.1) is 0 Å². The third kappa shape index (κ3) is 2.67. The summed E-state index contributed by atoms with van der Waals surface area (Å²) >= 11 is 5.76. The van der Waals surface area contributed by atoms with Crippen molar-refractivity contribution in [2.75, 3.05) is 18.0 Å². The predicted molar refractivity (Wildman–Crippen MR) is 69.0 cm³/mol. The van der Waals surface area contributed by atoms with Gasteiger partial charge in [-0.25, -0.2) is 4.39 Å². The molecule has 3 heteroatoms. The Bertz CT molecular complexity index is 352. The van der Waals surface area contributed by atoms with Gasteiger partial charge in [-0.05, 0) is 30.5 Å². The highest BCUT2D eigenvalue weighted by Crippen LogP contribution is 2.32.